The molecule has 0 bridgehead atoms. The quantitative estimate of drug-likeness (QED) is 0.667. The molecule has 0 saturated carbocycles. The molecule has 0 unspecified atom stereocenters. The first-order chi connectivity index (χ1) is 13.2. The fourth-order valence-electron chi connectivity index (χ4n) is 2.98. The second kappa shape index (κ2) is 8.99. The molecule has 138 valence electrons. The fraction of sp³-hybridized carbons (Fsp3) is 0.217. The van der Waals surface area contributed by atoms with Crippen LogP contribution in [0.5, 0.6) is 0 Å². The van der Waals surface area contributed by atoms with Crippen molar-refractivity contribution in [2.24, 2.45) is 0 Å². The van der Waals surface area contributed by atoms with Gasteiger partial charge in [0.1, 0.15) is 5.69 Å². The van der Waals surface area contributed by atoms with Crippen molar-refractivity contribution in [2.45, 2.75) is 26.9 Å². The number of nitrogens with zero attached hydrogens (tertiary/aromatic N) is 2. The van der Waals surface area contributed by atoms with Crippen LogP contribution in [-0.4, -0.2) is 22.3 Å². The fourth-order valence-corrected chi connectivity index (χ4v) is 2.98. The Kier molecular flexibility index (Phi) is 6.21. The van der Waals surface area contributed by atoms with Crippen molar-refractivity contribution in [1.29, 1.82) is 0 Å². The minimum absolute atomic E-state index is 0.0550. The lowest BCUT2D eigenvalue weighted by Gasteiger charge is -2.21. The SMILES string of the molecule is CCN(Cc1ccccc1)C(=O)c1cc(NCc2cccc(C)c2)ccn1. The van der Waals surface area contributed by atoms with Crippen LogP contribution in [0.25, 0.3) is 0 Å². The lowest BCUT2D eigenvalue weighted by molar-refractivity contribution is 0.0746. The third-order valence-electron chi connectivity index (χ3n) is 4.44. The first kappa shape index (κ1) is 18.6. The van der Waals surface area contributed by atoms with E-state index < -0.39 is 0 Å². The molecule has 1 N–H and O–H groups in total. The van der Waals surface area contributed by atoms with Crippen molar-refractivity contribution < 1.29 is 4.79 Å². The van der Waals surface area contributed by atoms with Gasteiger partial charge in [0.2, 0.25) is 0 Å². The van der Waals surface area contributed by atoms with Gasteiger partial charge in [-0.25, -0.2) is 0 Å². The van der Waals surface area contributed by atoms with Crippen molar-refractivity contribution in [3.05, 3.63) is 95.3 Å². The van der Waals surface area contributed by atoms with Gasteiger partial charge in [0, 0.05) is 31.5 Å². The zero-order valence-corrected chi connectivity index (χ0v) is 15.9. The summed E-state index contributed by atoms with van der Waals surface area (Å²) in [5, 5.41) is 3.38. The molecule has 1 amide bonds. The zero-order valence-electron chi connectivity index (χ0n) is 15.9. The first-order valence-electron chi connectivity index (χ1n) is 9.24. The number of anilines is 1. The van der Waals surface area contributed by atoms with Gasteiger partial charge in [0.25, 0.3) is 5.91 Å². The number of carbonyl (C=O) groups is 1. The molecule has 0 aliphatic carbocycles. The van der Waals surface area contributed by atoms with Crippen LogP contribution < -0.4 is 5.32 Å². The highest BCUT2D eigenvalue weighted by Crippen LogP contribution is 2.14. The van der Waals surface area contributed by atoms with E-state index in [2.05, 4.69) is 41.5 Å². The van der Waals surface area contributed by atoms with Gasteiger partial charge in [0.05, 0.1) is 0 Å². The van der Waals surface area contributed by atoms with E-state index >= 15 is 0 Å². The number of aromatic nitrogens is 1. The molecule has 0 radical (unpaired) electrons. The van der Waals surface area contributed by atoms with Crippen molar-refractivity contribution in [2.75, 3.05) is 11.9 Å². The van der Waals surface area contributed by atoms with Crippen LogP contribution >= 0.6 is 0 Å². The molecule has 3 rings (SSSR count). The van der Waals surface area contributed by atoms with E-state index in [4.69, 9.17) is 0 Å². The van der Waals surface area contributed by atoms with Crippen LogP contribution in [0.4, 0.5) is 5.69 Å². The number of hydrogen-bond acceptors (Lipinski definition) is 3. The third kappa shape index (κ3) is 5.17. The molecule has 0 aliphatic heterocycles. The zero-order chi connectivity index (χ0) is 19.1. The molecule has 4 heteroatoms. The minimum atomic E-state index is -0.0550. The van der Waals surface area contributed by atoms with Gasteiger partial charge in [0.15, 0.2) is 0 Å². The Morgan fingerprint density at radius 2 is 1.78 bits per heavy atom. The highest BCUT2D eigenvalue weighted by Gasteiger charge is 2.16. The van der Waals surface area contributed by atoms with E-state index in [-0.39, 0.29) is 5.91 Å². The van der Waals surface area contributed by atoms with Crippen LogP contribution in [0.2, 0.25) is 0 Å². The van der Waals surface area contributed by atoms with Gasteiger partial charge >= 0.3 is 0 Å². The lowest BCUT2D eigenvalue weighted by Crippen LogP contribution is -2.31. The minimum Gasteiger partial charge on any atom is -0.381 e. The van der Waals surface area contributed by atoms with E-state index in [0.29, 0.717) is 25.3 Å². The summed E-state index contributed by atoms with van der Waals surface area (Å²) < 4.78 is 0. The predicted octanol–water partition coefficient (Wildman–Crippen LogP) is 4.66. The molecule has 0 fully saturated rings. The maximum atomic E-state index is 12.9. The molecule has 1 heterocycles. The molecule has 4 nitrogen and oxygen atoms in total. The summed E-state index contributed by atoms with van der Waals surface area (Å²) in [5.41, 5.74) is 4.91. The molecule has 0 aliphatic rings. The third-order valence-corrected chi connectivity index (χ3v) is 4.44. The number of benzene rings is 2. The number of pyridine rings is 1. The molecular weight excluding hydrogens is 334 g/mol. The van der Waals surface area contributed by atoms with Gasteiger partial charge in [-0.05, 0) is 37.1 Å². The van der Waals surface area contributed by atoms with E-state index in [9.17, 15) is 4.79 Å². The number of hydrogen-bond donors (Lipinski definition) is 1. The molecule has 3 aromatic rings. The number of amides is 1. The van der Waals surface area contributed by atoms with E-state index in [1.807, 2.05) is 54.3 Å². The Morgan fingerprint density at radius 3 is 2.52 bits per heavy atom. The van der Waals surface area contributed by atoms with Gasteiger partial charge in [-0.15, -0.1) is 0 Å². The molecule has 0 spiro atoms. The molecule has 2 aromatic carbocycles. The lowest BCUT2D eigenvalue weighted by atomic mass is 10.1. The van der Waals surface area contributed by atoms with Crippen molar-refractivity contribution in [3.63, 3.8) is 0 Å². The maximum Gasteiger partial charge on any atom is 0.272 e. The van der Waals surface area contributed by atoms with Gasteiger partial charge in [-0.3, -0.25) is 9.78 Å². The number of nitrogens with one attached hydrogen (secondary N) is 1. The summed E-state index contributed by atoms with van der Waals surface area (Å²) in [6.45, 7) is 6.00. The van der Waals surface area contributed by atoms with Gasteiger partial charge in [-0.1, -0.05) is 60.2 Å². The van der Waals surface area contributed by atoms with Crippen LogP contribution in [-0.2, 0) is 13.1 Å². The van der Waals surface area contributed by atoms with Crippen LogP contribution in [0.1, 0.15) is 34.1 Å². The molecule has 0 saturated heterocycles. The Labute approximate surface area is 160 Å². The summed E-state index contributed by atoms with van der Waals surface area (Å²) in [4.78, 5) is 19.0. The van der Waals surface area contributed by atoms with Crippen molar-refractivity contribution in [3.8, 4) is 0 Å². The molecule has 0 atom stereocenters. The molecule has 1 aromatic heterocycles. The standard InChI is InChI=1S/C23H25N3O/c1-3-26(17-19-9-5-4-6-10-19)23(27)22-15-21(12-13-24-22)25-16-20-11-7-8-18(2)14-20/h4-15H,3,16-17H2,1-2H3,(H,24,25). The second-order valence-corrected chi connectivity index (χ2v) is 6.58. The number of carbonyl (C=O) groups excluding carboxylic acids is 1. The van der Waals surface area contributed by atoms with Crippen molar-refractivity contribution in [1.82, 2.24) is 9.88 Å². The predicted molar refractivity (Wildman–Crippen MR) is 110 cm³/mol. The second-order valence-electron chi connectivity index (χ2n) is 6.58. The Bertz CT molecular complexity index is 893. The highest BCUT2D eigenvalue weighted by molar-refractivity contribution is 5.93. The Balaban J connectivity index is 1.68. The van der Waals surface area contributed by atoms with E-state index in [1.54, 1.807) is 6.20 Å². The van der Waals surface area contributed by atoms with Crippen LogP contribution in [0.15, 0.2) is 72.9 Å². The smallest absolute Gasteiger partial charge is 0.272 e. The number of rotatable bonds is 7. The Morgan fingerprint density at radius 1 is 1.00 bits per heavy atom. The van der Waals surface area contributed by atoms with Gasteiger partial charge in [-0.2, -0.15) is 0 Å². The topological polar surface area (TPSA) is 45.2 Å². The van der Waals surface area contributed by atoms with Crippen molar-refractivity contribution >= 4 is 11.6 Å². The average Bonchev–Trinajstić information content (AvgIpc) is 2.71. The first-order valence-corrected chi connectivity index (χ1v) is 9.24. The maximum absolute atomic E-state index is 12.9. The summed E-state index contributed by atoms with van der Waals surface area (Å²) in [7, 11) is 0. The molecule has 27 heavy (non-hydrogen) atoms. The Hall–Kier alpha value is -3.14. The number of aryl methyl sites for hydroxylation is 1. The van der Waals surface area contributed by atoms with Gasteiger partial charge < -0.3 is 10.2 Å². The van der Waals surface area contributed by atoms with Crippen LogP contribution in [0, 0.1) is 6.92 Å². The van der Waals surface area contributed by atoms with E-state index in [1.165, 1.54) is 11.1 Å². The van der Waals surface area contributed by atoms with Crippen LogP contribution in [0.3, 0.4) is 0 Å². The summed E-state index contributed by atoms with van der Waals surface area (Å²) in [6.07, 6.45) is 1.68. The summed E-state index contributed by atoms with van der Waals surface area (Å²) in [6, 6.07) is 22.1. The molecular formula is C23H25N3O. The normalized spacial score (nSPS) is 10.4. The van der Waals surface area contributed by atoms with E-state index in [0.717, 1.165) is 11.3 Å². The summed E-state index contributed by atoms with van der Waals surface area (Å²) in [5.74, 6) is -0.0550. The average molecular weight is 359 g/mol. The monoisotopic (exact) mass is 359 g/mol. The highest BCUT2D eigenvalue weighted by atomic mass is 16.2. The summed E-state index contributed by atoms with van der Waals surface area (Å²) >= 11 is 0. The largest absolute Gasteiger partial charge is 0.381 e.